The molecule has 1 amide bonds. The van der Waals surface area contributed by atoms with Crippen LogP contribution < -0.4 is 0 Å². The smallest absolute Gasteiger partial charge is 0.210 e. The van der Waals surface area contributed by atoms with Crippen LogP contribution in [0.2, 0.25) is 0 Å². The fourth-order valence-corrected chi connectivity index (χ4v) is 1.16. The molecule has 0 aromatic rings. The number of amides is 1. The molecule has 2 heteroatoms. The zero-order valence-corrected chi connectivity index (χ0v) is 7.70. The van der Waals surface area contributed by atoms with E-state index in [-0.39, 0.29) is 6.04 Å². The molecule has 0 saturated heterocycles. The first kappa shape index (κ1) is 11.0. The van der Waals surface area contributed by atoms with Crippen LogP contribution in [-0.4, -0.2) is 23.9 Å². The maximum atomic E-state index is 10.6. The van der Waals surface area contributed by atoms with Crippen LogP contribution in [0.15, 0.2) is 25.3 Å². The zero-order chi connectivity index (χ0) is 9.40. The van der Waals surface area contributed by atoms with Gasteiger partial charge >= 0.3 is 0 Å². The molecule has 0 fully saturated rings. The largest absolute Gasteiger partial charge is 0.338 e. The molecule has 0 bridgehead atoms. The molecule has 68 valence electrons. The molecule has 0 rings (SSSR count). The Balaban J connectivity index is 4.09. The average molecular weight is 167 g/mol. The Bertz CT molecular complexity index is 154. The van der Waals surface area contributed by atoms with Crippen molar-refractivity contribution in [2.24, 2.45) is 0 Å². The third-order valence-electron chi connectivity index (χ3n) is 1.85. The Kier molecular flexibility index (Phi) is 6.07. The van der Waals surface area contributed by atoms with Crippen LogP contribution in [0.1, 0.15) is 19.8 Å². The normalized spacial score (nSPS) is 11.8. The third-order valence-corrected chi connectivity index (χ3v) is 1.85. The molecule has 0 aliphatic heterocycles. The second kappa shape index (κ2) is 6.65. The number of hydrogen-bond acceptors (Lipinski definition) is 1. The lowest BCUT2D eigenvalue weighted by Crippen LogP contribution is -2.33. The lowest BCUT2D eigenvalue weighted by molar-refractivity contribution is -0.119. The van der Waals surface area contributed by atoms with E-state index in [1.807, 2.05) is 6.08 Å². The number of carbonyl (C=O) groups is 1. The van der Waals surface area contributed by atoms with Gasteiger partial charge in [-0.25, -0.2) is 0 Å². The van der Waals surface area contributed by atoms with Gasteiger partial charge in [0.25, 0.3) is 0 Å². The second-order valence-electron chi connectivity index (χ2n) is 2.68. The zero-order valence-electron chi connectivity index (χ0n) is 7.70. The summed E-state index contributed by atoms with van der Waals surface area (Å²) in [5, 5.41) is 0. The van der Waals surface area contributed by atoms with Crippen molar-refractivity contribution in [3.63, 3.8) is 0 Å². The van der Waals surface area contributed by atoms with Gasteiger partial charge in [0.15, 0.2) is 0 Å². The molecule has 0 spiro atoms. The Morgan fingerprint density at radius 3 is 2.42 bits per heavy atom. The lowest BCUT2D eigenvalue weighted by atomic mass is 10.1. The molecule has 1 atom stereocenters. The molecular formula is C10H17NO. The van der Waals surface area contributed by atoms with Gasteiger partial charge in [0.05, 0.1) is 0 Å². The first-order valence-electron chi connectivity index (χ1n) is 4.22. The minimum Gasteiger partial charge on any atom is -0.338 e. The third kappa shape index (κ3) is 3.37. The SMILES string of the molecule is C=CCC(CC)N(C=O)CC=C. The van der Waals surface area contributed by atoms with Gasteiger partial charge in [0.1, 0.15) is 0 Å². The molecule has 12 heavy (non-hydrogen) atoms. The summed E-state index contributed by atoms with van der Waals surface area (Å²) in [6, 6.07) is 0.276. The standard InChI is InChI=1S/C10H17NO/c1-4-7-10(6-3)11(9-12)8-5-2/h4-5,9-10H,1-2,6-8H2,3H3. The highest BCUT2D eigenvalue weighted by atomic mass is 16.1. The predicted octanol–water partition coefficient (Wildman–Crippen LogP) is 1.99. The highest BCUT2D eigenvalue weighted by Crippen LogP contribution is 2.06. The summed E-state index contributed by atoms with van der Waals surface area (Å²) < 4.78 is 0. The number of nitrogens with zero attached hydrogens (tertiary/aromatic N) is 1. The minimum absolute atomic E-state index is 0.276. The van der Waals surface area contributed by atoms with Gasteiger partial charge in [-0.3, -0.25) is 4.79 Å². The summed E-state index contributed by atoms with van der Waals surface area (Å²) in [7, 11) is 0. The van der Waals surface area contributed by atoms with Gasteiger partial charge in [-0.15, -0.1) is 13.2 Å². The fraction of sp³-hybridized carbons (Fsp3) is 0.500. The van der Waals surface area contributed by atoms with Crippen LogP contribution in [0.3, 0.4) is 0 Å². The molecular weight excluding hydrogens is 150 g/mol. The second-order valence-corrected chi connectivity index (χ2v) is 2.68. The van der Waals surface area contributed by atoms with Crippen molar-refractivity contribution in [3.8, 4) is 0 Å². The molecule has 0 aromatic heterocycles. The summed E-state index contributed by atoms with van der Waals surface area (Å²) in [6.45, 7) is 9.94. The van der Waals surface area contributed by atoms with Crippen molar-refractivity contribution in [1.29, 1.82) is 0 Å². The molecule has 0 aliphatic rings. The van der Waals surface area contributed by atoms with E-state index in [0.717, 1.165) is 19.3 Å². The van der Waals surface area contributed by atoms with Gasteiger partial charge in [-0.2, -0.15) is 0 Å². The molecule has 0 saturated carbocycles. The molecule has 2 nitrogen and oxygen atoms in total. The predicted molar refractivity (Wildman–Crippen MR) is 51.9 cm³/mol. The quantitative estimate of drug-likeness (QED) is 0.419. The van der Waals surface area contributed by atoms with E-state index >= 15 is 0 Å². The Morgan fingerprint density at radius 1 is 1.42 bits per heavy atom. The van der Waals surface area contributed by atoms with Crippen molar-refractivity contribution in [2.45, 2.75) is 25.8 Å². The molecule has 0 aliphatic carbocycles. The average Bonchev–Trinajstić information content (AvgIpc) is 2.11. The van der Waals surface area contributed by atoms with E-state index in [1.54, 1.807) is 11.0 Å². The maximum Gasteiger partial charge on any atom is 0.210 e. The Hall–Kier alpha value is -1.05. The molecule has 0 aromatic carbocycles. The molecule has 0 heterocycles. The summed E-state index contributed by atoms with van der Waals surface area (Å²) in [6.07, 6.45) is 6.26. The molecule has 0 radical (unpaired) electrons. The highest BCUT2D eigenvalue weighted by molar-refractivity contribution is 5.48. The monoisotopic (exact) mass is 167 g/mol. The highest BCUT2D eigenvalue weighted by Gasteiger charge is 2.10. The van der Waals surface area contributed by atoms with E-state index in [0.29, 0.717) is 6.54 Å². The van der Waals surface area contributed by atoms with Crippen LogP contribution >= 0.6 is 0 Å². The molecule has 0 N–H and O–H groups in total. The van der Waals surface area contributed by atoms with Gasteiger partial charge in [0.2, 0.25) is 6.41 Å². The number of hydrogen-bond donors (Lipinski definition) is 0. The molecule has 1 unspecified atom stereocenters. The first-order valence-corrected chi connectivity index (χ1v) is 4.22. The fourth-order valence-electron chi connectivity index (χ4n) is 1.16. The number of carbonyl (C=O) groups excluding carboxylic acids is 1. The summed E-state index contributed by atoms with van der Waals surface area (Å²) in [5.41, 5.74) is 0. The Morgan fingerprint density at radius 2 is 2.08 bits per heavy atom. The lowest BCUT2D eigenvalue weighted by Gasteiger charge is -2.24. The summed E-state index contributed by atoms with van der Waals surface area (Å²) in [4.78, 5) is 12.4. The minimum atomic E-state index is 0.276. The van der Waals surface area contributed by atoms with Crippen molar-refractivity contribution >= 4 is 6.41 Å². The van der Waals surface area contributed by atoms with Crippen molar-refractivity contribution in [3.05, 3.63) is 25.3 Å². The van der Waals surface area contributed by atoms with E-state index < -0.39 is 0 Å². The topological polar surface area (TPSA) is 20.3 Å². The van der Waals surface area contributed by atoms with Gasteiger partial charge < -0.3 is 4.90 Å². The van der Waals surface area contributed by atoms with Gasteiger partial charge in [0, 0.05) is 12.6 Å². The van der Waals surface area contributed by atoms with Crippen LogP contribution in [0, 0.1) is 0 Å². The Labute approximate surface area is 74.6 Å². The van der Waals surface area contributed by atoms with E-state index in [4.69, 9.17) is 0 Å². The van der Waals surface area contributed by atoms with Crippen LogP contribution in [-0.2, 0) is 4.79 Å². The van der Waals surface area contributed by atoms with Crippen LogP contribution in [0.25, 0.3) is 0 Å². The summed E-state index contributed by atoms with van der Waals surface area (Å²) in [5.74, 6) is 0. The first-order chi connectivity index (χ1) is 5.79. The van der Waals surface area contributed by atoms with Crippen LogP contribution in [0.4, 0.5) is 0 Å². The van der Waals surface area contributed by atoms with Crippen molar-refractivity contribution < 1.29 is 4.79 Å². The van der Waals surface area contributed by atoms with E-state index in [1.165, 1.54) is 0 Å². The van der Waals surface area contributed by atoms with Gasteiger partial charge in [-0.05, 0) is 12.8 Å². The van der Waals surface area contributed by atoms with Crippen LogP contribution in [0.5, 0.6) is 0 Å². The van der Waals surface area contributed by atoms with Crippen molar-refractivity contribution in [2.75, 3.05) is 6.54 Å². The maximum absolute atomic E-state index is 10.6. The summed E-state index contributed by atoms with van der Waals surface area (Å²) >= 11 is 0. The van der Waals surface area contributed by atoms with E-state index in [2.05, 4.69) is 20.1 Å². The van der Waals surface area contributed by atoms with E-state index in [9.17, 15) is 4.79 Å². The van der Waals surface area contributed by atoms with Crippen molar-refractivity contribution in [1.82, 2.24) is 4.90 Å². The van der Waals surface area contributed by atoms with Gasteiger partial charge in [-0.1, -0.05) is 19.1 Å². The number of rotatable bonds is 7.